The molecule has 1 aromatic carbocycles. The van der Waals surface area contributed by atoms with Gasteiger partial charge in [-0.1, -0.05) is 18.2 Å². The summed E-state index contributed by atoms with van der Waals surface area (Å²) in [5, 5.41) is 6.54. The van der Waals surface area contributed by atoms with Crippen LogP contribution in [-0.2, 0) is 6.54 Å². The van der Waals surface area contributed by atoms with E-state index in [1.54, 1.807) is 11.3 Å². The van der Waals surface area contributed by atoms with E-state index in [2.05, 4.69) is 44.9 Å². The number of rotatable bonds is 3. The minimum absolute atomic E-state index is 0.691. The molecular formula is C15H15N3S. The molecule has 0 unspecified atom stereocenters. The molecule has 0 saturated carbocycles. The summed E-state index contributed by atoms with van der Waals surface area (Å²) < 4.78 is 1.30. The van der Waals surface area contributed by atoms with Crippen molar-refractivity contribution in [1.29, 1.82) is 0 Å². The summed E-state index contributed by atoms with van der Waals surface area (Å²) in [6, 6.07) is 10.5. The highest BCUT2D eigenvalue weighted by Gasteiger charge is 2.09. The van der Waals surface area contributed by atoms with Crippen LogP contribution in [0.2, 0.25) is 0 Å². The standard InChI is InChI=1S/C15H15N3S/c1-10-7-13(18-15(17-10)8-16-2)12-9-19-14-6-4-3-5-11(12)14/h3-7,9,16H,8H2,1-2H3. The average Bonchev–Trinajstić information content (AvgIpc) is 2.82. The minimum atomic E-state index is 0.691. The lowest BCUT2D eigenvalue weighted by Gasteiger charge is -2.05. The van der Waals surface area contributed by atoms with Gasteiger partial charge in [0.1, 0.15) is 5.82 Å². The van der Waals surface area contributed by atoms with Crippen LogP contribution in [0.15, 0.2) is 35.7 Å². The molecule has 96 valence electrons. The van der Waals surface area contributed by atoms with Crippen LogP contribution in [-0.4, -0.2) is 17.0 Å². The van der Waals surface area contributed by atoms with Gasteiger partial charge in [-0.05, 0) is 26.1 Å². The topological polar surface area (TPSA) is 37.8 Å². The van der Waals surface area contributed by atoms with Crippen LogP contribution in [0.1, 0.15) is 11.5 Å². The Labute approximate surface area is 116 Å². The van der Waals surface area contributed by atoms with Gasteiger partial charge < -0.3 is 5.32 Å². The summed E-state index contributed by atoms with van der Waals surface area (Å²) in [5.41, 5.74) is 3.21. The highest BCUT2D eigenvalue weighted by Crippen LogP contribution is 2.32. The third kappa shape index (κ3) is 2.37. The normalized spacial score (nSPS) is 11.1. The number of fused-ring (bicyclic) bond motifs is 1. The van der Waals surface area contributed by atoms with Crippen molar-refractivity contribution in [3.8, 4) is 11.3 Å². The van der Waals surface area contributed by atoms with E-state index in [0.717, 1.165) is 17.2 Å². The summed E-state index contributed by atoms with van der Waals surface area (Å²) in [6.07, 6.45) is 0. The Morgan fingerprint density at radius 3 is 2.89 bits per heavy atom. The lowest BCUT2D eigenvalue weighted by Crippen LogP contribution is -2.10. The molecule has 0 fully saturated rings. The van der Waals surface area contributed by atoms with Crippen LogP contribution in [0.3, 0.4) is 0 Å². The van der Waals surface area contributed by atoms with Crippen molar-refractivity contribution >= 4 is 21.4 Å². The molecule has 0 radical (unpaired) electrons. The second-order valence-electron chi connectivity index (χ2n) is 4.49. The van der Waals surface area contributed by atoms with Crippen molar-refractivity contribution in [1.82, 2.24) is 15.3 Å². The van der Waals surface area contributed by atoms with Crippen LogP contribution >= 0.6 is 11.3 Å². The molecule has 3 aromatic rings. The van der Waals surface area contributed by atoms with Gasteiger partial charge in [0.2, 0.25) is 0 Å². The molecule has 3 nitrogen and oxygen atoms in total. The van der Waals surface area contributed by atoms with Gasteiger partial charge in [-0.3, -0.25) is 0 Å². The Morgan fingerprint density at radius 2 is 2.05 bits per heavy atom. The van der Waals surface area contributed by atoms with E-state index >= 15 is 0 Å². The van der Waals surface area contributed by atoms with Gasteiger partial charge in [0.25, 0.3) is 0 Å². The van der Waals surface area contributed by atoms with Crippen LogP contribution in [0, 0.1) is 6.92 Å². The molecule has 0 aliphatic heterocycles. The van der Waals surface area contributed by atoms with E-state index in [9.17, 15) is 0 Å². The van der Waals surface area contributed by atoms with Gasteiger partial charge >= 0.3 is 0 Å². The smallest absolute Gasteiger partial charge is 0.143 e. The Kier molecular flexibility index (Phi) is 3.27. The highest BCUT2D eigenvalue weighted by molar-refractivity contribution is 7.17. The zero-order valence-electron chi connectivity index (χ0n) is 11.0. The monoisotopic (exact) mass is 269 g/mol. The fourth-order valence-electron chi connectivity index (χ4n) is 2.18. The maximum absolute atomic E-state index is 4.65. The first-order valence-corrected chi connectivity index (χ1v) is 7.11. The van der Waals surface area contributed by atoms with E-state index < -0.39 is 0 Å². The molecule has 2 aromatic heterocycles. The molecule has 19 heavy (non-hydrogen) atoms. The van der Waals surface area contributed by atoms with Crippen molar-refractivity contribution in [3.63, 3.8) is 0 Å². The Morgan fingerprint density at radius 1 is 1.21 bits per heavy atom. The number of thiophene rings is 1. The number of hydrogen-bond acceptors (Lipinski definition) is 4. The molecule has 1 N–H and O–H groups in total. The van der Waals surface area contributed by atoms with Crippen LogP contribution < -0.4 is 5.32 Å². The van der Waals surface area contributed by atoms with Crippen LogP contribution in [0.25, 0.3) is 21.3 Å². The summed E-state index contributed by atoms with van der Waals surface area (Å²) in [7, 11) is 1.91. The molecule has 2 heterocycles. The van der Waals surface area contributed by atoms with Crippen LogP contribution in [0.4, 0.5) is 0 Å². The van der Waals surface area contributed by atoms with Gasteiger partial charge in [-0.25, -0.2) is 9.97 Å². The van der Waals surface area contributed by atoms with Crippen molar-refractivity contribution in [2.75, 3.05) is 7.05 Å². The summed E-state index contributed by atoms with van der Waals surface area (Å²) in [4.78, 5) is 9.09. The molecule has 0 atom stereocenters. The Balaban J connectivity index is 2.15. The number of nitrogens with zero attached hydrogens (tertiary/aromatic N) is 2. The molecule has 3 rings (SSSR count). The fourth-order valence-corrected chi connectivity index (χ4v) is 3.14. The lowest BCUT2D eigenvalue weighted by atomic mass is 10.1. The number of aromatic nitrogens is 2. The highest BCUT2D eigenvalue weighted by atomic mass is 32.1. The first-order valence-electron chi connectivity index (χ1n) is 6.23. The van der Waals surface area contributed by atoms with Gasteiger partial charge in [-0.15, -0.1) is 11.3 Å². The second kappa shape index (κ2) is 5.07. The van der Waals surface area contributed by atoms with E-state index in [1.807, 2.05) is 20.0 Å². The third-order valence-electron chi connectivity index (χ3n) is 2.99. The third-order valence-corrected chi connectivity index (χ3v) is 3.96. The second-order valence-corrected chi connectivity index (χ2v) is 5.40. The predicted molar refractivity (Wildman–Crippen MR) is 80.4 cm³/mol. The predicted octanol–water partition coefficient (Wildman–Crippen LogP) is 3.39. The first kappa shape index (κ1) is 12.3. The molecule has 0 aliphatic carbocycles. The number of hydrogen-bond donors (Lipinski definition) is 1. The molecule has 4 heteroatoms. The maximum atomic E-state index is 4.65. The number of nitrogens with one attached hydrogen (secondary N) is 1. The molecule has 0 saturated heterocycles. The van der Waals surface area contributed by atoms with E-state index in [-0.39, 0.29) is 0 Å². The van der Waals surface area contributed by atoms with Crippen molar-refractivity contribution in [2.45, 2.75) is 13.5 Å². The van der Waals surface area contributed by atoms with Gasteiger partial charge in [-0.2, -0.15) is 0 Å². The van der Waals surface area contributed by atoms with Crippen LogP contribution in [0.5, 0.6) is 0 Å². The summed E-state index contributed by atoms with van der Waals surface area (Å²) in [5.74, 6) is 0.841. The number of benzene rings is 1. The fraction of sp³-hybridized carbons (Fsp3) is 0.200. The van der Waals surface area contributed by atoms with Gasteiger partial charge in [0.15, 0.2) is 0 Å². The van der Waals surface area contributed by atoms with E-state index in [0.29, 0.717) is 6.54 Å². The SMILES string of the molecule is CNCc1nc(C)cc(-c2csc3ccccc23)n1. The maximum Gasteiger partial charge on any atom is 0.143 e. The Bertz CT molecular complexity index is 718. The number of aryl methyl sites for hydroxylation is 1. The van der Waals surface area contributed by atoms with Gasteiger partial charge in [0, 0.05) is 26.7 Å². The zero-order valence-corrected chi connectivity index (χ0v) is 11.8. The largest absolute Gasteiger partial charge is 0.313 e. The first-order chi connectivity index (χ1) is 9.28. The summed E-state index contributed by atoms with van der Waals surface area (Å²) >= 11 is 1.76. The Hall–Kier alpha value is -1.78. The summed E-state index contributed by atoms with van der Waals surface area (Å²) in [6.45, 7) is 2.70. The molecule has 0 aliphatic rings. The van der Waals surface area contributed by atoms with Crippen molar-refractivity contribution in [3.05, 3.63) is 47.2 Å². The molecule has 0 amide bonds. The molecular weight excluding hydrogens is 254 g/mol. The quantitative estimate of drug-likeness (QED) is 0.792. The average molecular weight is 269 g/mol. The van der Waals surface area contributed by atoms with Crippen molar-refractivity contribution in [2.24, 2.45) is 0 Å². The van der Waals surface area contributed by atoms with Gasteiger partial charge in [0.05, 0.1) is 12.2 Å². The zero-order chi connectivity index (χ0) is 13.2. The van der Waals surface area contributed by atoms with E-state index in [1.165, 1.54) is 15.6 Å². The van der Waals surface area contributed by atoms with Crippen molar-refractivity contribution < 1.29 is 0 Å². The lowest BCUT2D eigenvalue weighted by molar-refractivity contribution is 0.754. The molecule has 0 spiro atoms. The minimum Gasteiger partial charge on any atom is -0.313 e. The molecule has 0 bridgehead atoms. The van der Waals surface area contributed by atoms with E-state index in [4.69, 9.17) is 0 Å².